The summed E-state index contributed by atoms with van der Waals surface area (Å²) in [5.74, 6) is -1.22. The van der Waals surface area contributed by atoms with E-state index in [9.17, 15) is 14.7 Å². The molecule has 1 aliphatic rings. The molecule has 0 bridgehead atoms. The molecule has 1 aliphatic heterocycles. The molecule has 1 fully saturated rings. The highest BCUT2D eigenvalue weighted by Crippen LogP contribution is 2.42. The summed E-state index contributed by atoms with van der Waals surface area (Å²) in [6.07, 6.45) is 3.18. The van der Waals surface area contributed by atoms with Crippen LogP contribution >= 0.6 is 11.6 Å². The molecule has 1 atom stereocenters. The van der Waals surface area contributed by atoms with Gasteiger partial charge in [-0.15, -0.1) is 0 Å². The largest absolute Gasteiger partial charge is 0.507 e. The first-order valence-corrected chi connectivity index (χ1v) is 11.1. The molecule has 2 aromatic rings. The Morgan fingerprint density at radius 3 is 2.33 bits per heavy atom. The van der Waals surface area contributed by atoms with Gasteiger partial charge in [-0.05, 0) is 36.9 Å². The number of ketones is 1. The molecule has 2 heterocycles. The quantitative estimate of drug-likeness (QED) is 0.338. The van der Waals surface area contributed by atoms with Crippen molar-refractivity contribution in [2.75, 3.05) is 40.4 Å². The van der Waals surface area contributed by atoms with Crippen molar-refractivity contribution < 1.29 is 24.2 Å². The van der Waals surface area contributed by atoms with Gasteiger partial charge in [0.1, 0.15) is 17.3 Å². The fourth-order valence-corrected chi connectivity index (χ4v) is 4.21. The summed E-state index contributed by atoms with van der Waals surface area (Å²) in [7, 11) is 2.87. The molecule has 3 rings (SSSR count). The molecule has 0 aliphatic carbocycles. The van der Waals surface area contributed by atoms with Gasteiger partial charge >= 0.3 is 0 Å². The van der Waals surface area contributed by atoms with E-state index in [1.165, 1.54) is 31.3 Å². The smallest absolute Gasteiger partial charge is 0.295 e. The normalized spacial score (nSPS) is 17.6. The number of likely N-dealkylation sites (tertiary alicyclic amines) is 1. The number of aromatic nitrogens is 1. The van der Waals surface area contributed by atoms with E-state index in [-0.39, 0.29) is 27.7 Å². The van der Waals surface area contributed by atoms with Crippen LogP contribution in [0.3, 0.4) is 0 Å². The van der Waals surface area contributed by atoms with Crippen molar-refractivity contribution in [1.82, 2.24) is 14.8 Å². The summed E-state index contributed by atoms with van der Waals surface area (Å²) < 4.78 is 10.7. The number of nitrogens with zero attached hydrogens (tertiary/aromatic N) is 3. The van der Waals surface area contributed by atoms with Crippen LogP contribution in [0.2, 0.25) is 5.02 Å². The summed E-state index contributed by atoms with van der Waals surface area (Å²) in [6, 6.07) is 5.67. The lowest BCUT2D eigenvalue weighted by molar-refractivity contribution is -0.140. The van der Waals surface area contributed by atoms with Crippen molar-refractivity contribution in [3.8, 4) is 11.5 Å². The van der Waals surface area contributed by atoms with Gasteiger partial charge in [-0.3, -0.25) is 14.6 Å². The lowest BCUT2D eigenvalue weighted by Gasteiger charge is -2.28. The zero-order valence-corrected chi connectivity index (χ0v) is 19.9. The Morgan fingerprint density at radius 2 is 1.76 bits per heavy atom. The molecule has 0 spiro atoms. The Hall–Kier alpha value is -3.10. The molecule has 176 valence electrons. The van der Waals surface area contributed by atoms with E-state index in [0.717, 1.165) is 13.1 Å². The Labute approximate surface area is 198 Å². The molecule has 1 unspecified atom stereocenters. The van der Waals surface area contributed by atoms with Gasteiger partial charge in [0.15, 0.2) is 0 Å². The Kier molecular flexibility index (Phi) is 7.94. The number of carbonyl (C=O) groups is 2. The Morgan fingerprint density at radius 1 is 1.12 bits per heavy atom. The molecular formula is C24H28ClN3O5. The number of rotatable bonds is 9. The SMILES string of the molecule is CCN(CC)CCN1C(=O)C(=O)/C(=C(/O)c2cc(OC)c(Cl)cc2OC)C1c1ccncc1. The molecule has 33 heavy (non-hydrogen) atoms. The third-order valence-electron chi connectivity index (χ3n) is 5.84. The Balaban J connectivity index is 2.17. The van der Waals surface area contributed by atoms with Crippen LogP contribution in [0.15, 0.2) is 42.2 Å². The fourth-order valence-electron chi connectivity index (χ4n) is 3.98. The van der Waals surface area contributed by atoms with Crippen LogP contribution in [0.25, 0.3) is 5.76 Å². The molecule has 1 saturated heterocycles. The van der Waals surface area contributed by atoms with Crippen molar-refractivity contribution in [3.63, 3.8) is 0 Å². The number of methoxy groups -OCH3 is 2. The number of hydrogen-bond acceptors (Lipinski definition) is 7. The summed E-state index contributed by atoms with van der Waals surface area (Å²) in [6.45, 7) is 6.65. The van der Waals surface area contributed by atoms with Gasteiger partial charge < -0.3 is 24.4 Å². The highest BCUT2D eigenvalue weighted by molar-refractivity contribution is 6.46. The van der Waals surface area contributed by atoms with Gasteiger partial charge in [0.05, 0.1) is 36.4 Å². The second-order valence-corrected chi connectivity index (χ2v) is 7.89. The molecule has 1 amide bonds. The van der Waals surface area contributed by atoms with Gasteiger partial charge in [0, 0.05) is 31.5 Å². The van der Waals surface area contributed by atoms with Gasteiger partial charge in [-0.25, -0.2) is 0 Å². The van der Waals surface area contributed by atoms with Crippen LogP contribution in [-0.4, -0.2) is 72.0 Å². The van der Waals surface area contributed by atoms with E-state index < -0.39 is 17.7 Å². The number of amides is 1. The van der Waals surface area contributed by atoms with E-state index in [2.05, 4.69) is 9.88 Å². The minimum atomic E-state index is -0.769. The first-order valence-electron chi connectivity index (χ1n) is 10.7. The summed E-state index contributed by atoms with van der Waals surface area (Å²) >= 11 is 6.20. The van der Waals surface area contributed by atoms with Gasteiger partial charge in [0.25, 0.3) is 11.7 Å². The third-order valence-corrected chi connectivity index (χ3v) is 6.14. The predicted octanol–water partition coefficient (Wildman–Crippen LogP) is 3.52. The van der Waals surface area contributed by atoms with E-state index in [1.54, 1.807) is 24.5 Å². The van der Waals surface area contributed by atoms with Crippen LogP contribution in [0.1, 0.15) is 31.0 Å². The van der Waals surface area contributed by atoms with Crippen LogP contribution < -0.4 is 9.47 Å². The number of benzene rings is 1. The Bertz CT molecular complexity index is 1050. The van der Waals surface area contributed by atoms with Crippen molar-refractivity contribution in [3.05, 3.63) is 58.4 Å². The average Bonchev–Trinajstić information content (AvgIpc) is 3.09. The average molecular weight is 474 g/mol. The van der Waals surface area contributed by atoms with Crippen molar-refractivity contribution in [2.45, 2.75) is 19.9 Å². The second kappa shape index (κ2) is 10.7. The van der Waals surface area contributed by atoms with Crippen LogP contribution in [0.4, 0.5) is 0 Å². The topological polar surface area (TPSA) is 92.2 Å². The highest BCUT2D eigenvalue weighted by Gasteiger charge is 2.46. The maximum absolute atomic E-state index is 13.2. The van der Waals surface area contributed by atoms with Crippen LogP contribution in [-0.2, 0) is 9.59 Å². The third kappa shape index (κ3) is 4.82. The molecular weight excluding hydrogens is 446 g/mol. The highest BCUT2D eigenvalue weighted by atomic mass is 35.5. The summed E-state index contributed by atoms with van der Waals surface area (Å²) in [5, 5.41) is 11.6. The van der Waals surface area contributed by atoms with E-state index in [4.69, 9.17) is 21.1 Å². The van der Waals surface area contributed by atoms with Crippen molar-refractivity contribution in [1.29, 1.82) is 0 Å². The number of likely N-dealkylation sites (N-methyl/N-ethyl adjacent to an activating group) is 1. The predicted molar refractivity (Wildman–Crippen MR) is 126 cm³/mol. The number of pyridine rings is 1. The van der Waals surface area contributed by atoms with E-state index >= 15 is 0 Å². The number of aliphatic hydroxyl groups is 1. The van der Waals surface area contributed by atoms with E-state index in [0.29, 0.717) is 24.4 Å². The molecule has 1 aromatic heterocycles. The minimum absolute atomic E-state index is 0.0200. The zero-order chi connectivity index (χ0) is 24.1. The molecule has 0 saturated carbocycles. The standard InChI is InChI=1S/C24H28ClN3O5/c1-5-27(6-2)11-12-28-21(15-7-9-26-10-8-15)20(23(30)24(28)31)22(29)16-13-19(33-4)17(25)14-18(16)32-3/h7-10,13-14,21,29H,5-6,11-12H2,1-4H3/b22-20+. The maximum atomic E-state index is 13.2. The number of carbonyl (C=O) groups excluding carboxylic acids is 2. The summed E-state index contributed by atoms with van der Waals surface area (Å²) in [5.41, 5.74) is 0.859. The molecule has 8 nitrogen and oxygen atoms in total. The molecule has 1 aromatic carbocycles. The van der Waals surface area contributed by atoms with Crippen molar-refractivity contribution >= 4 is 29.1 Å². The van der Waals surface area contributed by atoms with Crippen LogP contribution in [0.5, 0.6) is 11.5 Å². The molecule has 9 heteroatoms. The molecule has 0 radical (unpaired) electrons. The zero-order valence-electron chi connectivity index (χ0n) is 19.2. The monoisotopic (exact) mass is 473 g/mol. The van der Waals surface area contributed by atoms with E-state index in [1.807, 2.05) is 13.8 Å². The van der Waals surface area contributed by atoms with Crippen LogP contribution in [0, 0.1) is 0 Å². The second-order valence-electron chi connectivity index (χ2n) is 7.49. The maximum Gasteiger partial charge on any atom is 0.295 e. The van der Waals surface area contributed by atoms with Gasteiger partial charge in [-0.1, -0.05) is 25.4 Å². The molecule has 1 N–H and O–H groups in total. The fraction of sp³-hybridized carbons (Fsp3) is 0.375. The number of Topliss-reactive ketones (excluding diaryl/α,β-unsaturated/α-hetero) is 1. The first-order chi connectivity index (χ1) is 15.9. The van der Waals surface area contributed by atoms with Gasteiger partial charge in [-0.2, -0.15) is 0 Å². The number of aliphatic hydroxyl groups excluding tert-OH is 1. The van der Waals surface area contributed by atoms with Gasteiger partial charge in [0.2, 0.25) is 0 Å². The number of ether oxygens (including phenoxy) is 2. The number of halogens is 1. The summed E-state index contributed by atoms with van der Waals surface area (Å²) in [4.78, 5) is 34.0. The lowest BCUT2D eigenvalue weighted by Crippen LogP contribution is -2.38. The number of hydrogen-bond donors (Lipinski definition) is 1. The lowest BCUT2D eigenvalue weighted by atomic mass is 9.95. The van der Waals surface area contributed by atoms with Crippen molar-refractivity contribution in [2.24, 2.45) is 0 Å². The minimum Gasteiger partial charge on any atom is -0.507 e. The first kappa shape index (κ1) is 24.5.